The Morgan fingerprint density at radius 3 is 2.06 bits per heavy atom. The van der Waals surface area contributed by atoms with Crippen molar-refractivity contribution in [2.75, 3.05) is 6.61 Å². The molecular formula is C30H27N2O3+. The first kappa shape index (κ1) is 22.5. The molecule has 5 heteroatoms. The fraction of sp³-hybridized carbons (Fsp3) is 0.167. The number of pyridine rings is 1. The largest absolute Gasteiger partial charge is 0.474 e. The zero-order valence-electron chi connectivity index (χ0n) is 19.4. The summed E-state index contributed by atoms with van der Waals surface area (Å²) in [7, 11) is 0. The number of rotatable bonds is 8. The smallest absolute Gasteiger partial charge is 0.338 e. The Morgan fingerprint density at radius 2 is 1.40 bits per heavy atom. The van der Waals surface area contributed by atoms with Crippen LogP contribution < -0.4 is 4.57 Å². The molecule has 174 valence electrons. The summed E-state index contributed by atoms with van der Waals surface area (Å²) in [5.74, 6) is 0.0885. The number of hydrogen-bond donors (Lipinski definition) is 0. The van der Waals surface area contributed by atoms with Crippen molar-refractivity contribution in [3.05, 3.63) is 138 Å². The highest BCUT2D eigenvalue weighted by Crippen LogP contribution is 2.28. The van der Waals surface area contributed by atoms with Crippen LogP contribution in [0.5, 0.6) is 0 Å². The van der Waals surface area contributed by atoms with Crippen LogP contribution in [-0.2, 0) is 33.8 Å². The molecular weight excluding hydrogens is 436 g/mol. The molecule has 1 aromatic heterocycles. The number of nitrogens with zero attached hydrogens (tertiary/aromatic N) is 2. The van der Waals surface area contributed by atoms with Crippen molar-refractivity contribution in [3.63, 3.8) is 0 Å². The van der Waals surface area contributed by atoms with E-state index in [0.29, 0.717) is 12.3 Å². The summed E-state index contributed by atoms with van der Waals surface area (Å²) in [6.07, 6.45) is 4.45. The minimum absolute atomic E-state index is 0.143. The predicted octanol–water partition coefficient (Wildman–Crippen LogP) is 4.52. The summed E-state index contributed by atoms with van der Waals surface area (Å²) < 4.78 is 13.8. The van der Waals surface area contributed by atoms with Crippen LogP contribution in [0.15, 0.2) is 121 Å². The molecule has 1 aliphatic rings. The molecule has 1 unspecified atom stereocenters. The molecule has 0 saturated heterocycles. The zero-order chi connectivity index (χ0) is 23.9. The molecule has 0 bridgehead atoms. The number of aliphatic imine (C=N–C) groups is 1. The standard InChI is InChI=1S/C30H27N2O3/c33-29(34-22-26-12-6-2-7-13-26)30(23-35-28(31-30)27-14-8-3-9-15-27)20-24-16-18-32(19-17-24)21-25-10-4-1-5-11-25/h1-19H,20-23H2/q+1. The average molecular weight is 464 g/mol. The van der Waals surface area contributed by atoms with Crippen LogP contribution in [0.1, 0.15) is 22.3 Å². The molecule has 3 aromatic carbocycles. The summed E-state index contributed by atoms with van der Waals surface area (Å²) in [5, 5.41) is 0. The van der Waals surface area contributed by atoms with E-state index in [1.165, 1.54) is 5.56 Å². The number of carbonyl (C=O) groups excluding carboxylic acids is 1. The molecule has 2 heterocycles. The van der Waals surface area contributed by atoms with E-state index in [9.17, 15) is 4.79 Å². The monoisotopic (exact) mass is 463 g/mol. The molecule has 1 atom stereocenters. The normalized spacial score (nSPS) is 16.9. The maximum absolute atomic E-state index is 13.4. The van der Waals surface area contributed by atoms with Crippen LogP contribution in [0.4, 0.5) is 0 Å². The topological polar surface area (TPSA) is 51.8 Å². The van der Waals surface area contributed by atoms with Crippen LogP contribution in [0.3, 0.4) is 0 Å². The number of hydrogen-bond acceptors (Lipinski definition) is 4. The van der Waals surface area contributed by atoms with Gasteiger partial charge in [-0.05, 0) is 23.3 Å². The third-order valence-electron chi connectivity index (χ3n) is 6.04. The summed E-state index contributed by atoms with van der Waals surface area (Å²) in [6, 6.07) is 33.7. The molecule has 35 heavy (non-hydrogen) atoms. The Kier molecular flexibility index (Phi) is 6.66. The number of benzene rings is 3. The molecule has 1 aliphatic heterocycles. The molecule has 0 fully saturated rings. The lowest BCUT2D eigenvalue weighted by atomic mass is 9.93. The lowest BCUT2D eigenvalue weighted by Gasteiger charge is -2.22. The average Bonchev–Trinajstić information content (AvgIpc) is 3.35. The van der Waals surface area contributed by atoms with Crippen molar-refractivity contribution in [2.24, 2.45) is 4.99 Å². The lowest BCUT2D eigenvalue weighted by molar-refractivity contribution is -0.688. The van der Waals surface area contributed by atoms with Gasteiger partial charge in [0.25, 0.3) is 0 Å². The highest BCUT2D eigenvalue weighted by Gasteiger charge is 2.46. The molecule has 0 saturated carbocycles. The Balaban J connectivity index is 1.37. The summed E-state index contributed by atoms with van der Waals surface area (Å²) >= 11 is 0. The van der Waals surface area contributed by atoms with Crippen LogP contribution in [-0.4, -0.2) is 24.0 Å². The van der Waals surface area contributed by atoms with E-state index in [4.69, 9.17) is 14.5 Å². The van der Waals surface area contributed by atoms with Gasteiger partial charge in [-0.25, -0.2) is 14.4 Å². The first-order valence-electron chi connectivity index (χ1n) is 11.7. The first-order valence-corrected chi connectivity index (χ1v) is 11.7. The van der Waals surface area contributed by atoms with E-state index in [0.717, 1.165) is 23.2 Å². The van der Waals surface area contributed by atoms with Gasteiger partial charge in [-0.15, -0.1) is 0 Å². The van der Waals surface area contributed by atoms with Gasteiger partial charge in [0.05, 0.1) is 0 Å². The Hall–Kier alpha value is -4.25. The maximum Gasteiger partial charge on any atom is 0.338 e. The van der Waals surface area contributed by atoms with Crippen LogP contribution >= 0.6 is 0 Å². The molecule has 5 rings (SSSR count). The molecule has 5 nitrogen and oxygen atoms in total. The van der Waals surface area contributed by atoms with Crippen LogP contribution in [0.2, 0.25) is 0 Å². The molecule has 4 aromatic rings. The number of esters is 1. The number of ether oxygens (including phenoxy) is 2. The van der Waals surface area contributed by atoms with Crippen LogP contribution in [0.25, 0.3) is 0 Å². The number of aromatic nitrogens is 1. The Bertz CT molecular complexity index is 1290. The van der Waals surface area contributed by atoms with E-state index in [-0.39, 0.29) is 19.2 Å². The second kappa shape index (κ2) is 10.3. The fourth-order valence-corrected chi connectivity index (χ4v) is 4.14. The zero-order valence-corrected chi connectivity index (χ0v) is 19.4. The van der Waals surface area contributed by atoms with Gasteiger partial charge in [0.1, 0.15) is 13.2 Å². The van der Waals surface area contributed by atoms with E-state index in [1.807, 2.05) is 103 Å². The quantitative estimate of drug-likeness (QED) is 0.285. The highest BCUT2D eigenvalue weighted by molar-refractivity contribution is 5.99. The third-order valence-corrected chi connectivity index (χ3v) is 6.04. The van der Waals surface area contributed by atoms with E-state index < -0.39 is 5.54 Å². The maximum atomic E-state index is 13.4. The minimum atomic E-state index is -1.13. The van der Waals surface area contributed by atoms with Gasteiger partial charge in [0.2, 0.25) is 5.90 Å². The summed E-state index contributed by atoms with van der Waals surface area (Å²) in [5.41, 5.74) is 2.87. The van der Waals surface area contributed by atoms with Crippen molar-refractivity contribution in [2.45, 2.75) is 25.1 Å². The van der Waals surface area contributed by atoms with Gasteiger partial charge >= 0.3 is 5.97 Å². The number of carbonyl (C=O) groups is 1. The summed E-state index contributed by atoms with van der Waals surface area (Å²) in [6.45, 7) is 1.12. The van der Waals surface area contributed by atoms with Gasteiger partial charge in [-0.3, -0.25) is 0 Å². The minimum Gasteiger partial charge on any atom is -0.474 e. The van der Waals surface area contributed by atoms with Gasteiger partial charge in [0, 0.05) is 29.7 Å². The Morgan fingerprint density at radius 1 is 0.800 bits per heavy atom. The molecule has 0 spiro atoms. The summed E-state index contributed by atoms with van der Waals surface area (Å²) in [4.78, 5) is 18.2. The van der Waals surface area contributed by atoms with E-state index in [2.05, 4.69) is 16.7 Å². The van der Waals surface area contributed by atoms with Crippen molar-refractivity contribution in [1.29, 1.82) is 0 Å². The fourth-order valence-electron chi connectivity index (χ4n) is 4.14. The lowest BCUT2D eigenvalue weighted by Crippen LogP contribution is -2.42. The van der Waals surface area contributed by atoms with Gasteiger partial charge in [0.15, 0.2) is 24.5 Å². The van der Waals surface area contributed by atoms with Crippen molar-refractivity contribution in [1.82, 2.24) is 0 Å². The second-order valence-electron chi connectivity index (χ2n) is 8.71. The van der Waals surface area contributed by atoms with Crippen molar-refractivity contribution in [3.8, 4) is 0 Å². The second-order valence-corrected chi connectivity index (χ2v) is 8.71. The predicted molar refractivity (Wildman–Crippen MR) is 134 cm³/mol. The molecule has 0 radical (unpaired) electrons. The SMILES string of the molecule is O=C(OCc1ccccc1)C1(Cc2cc[n+](Cc3ccccc3)cc2)COC(c2ccccc2)=N1. The first-order chi connectivity index (χ1) is 17.2. The molecule has 0 N–H and O–H groups in total. The van der Waals surface area contributed by atoms with E-state index >= 15 is 0 Å². The van der Waals surface area contributed by atoms with Gasteiger partial charge in [-0.1, -0.05) is 78.9 Å². The van der Waals surface area contributed by atoms with E-state index in [1.54, 1.807) is 0 Å². The molecule has 0 amide bonds. The van der Waals surface area contributed by atoms with Crippen molar-refractivity contribution < 1.29 is 18.8 Å². The van der Waals surface area contributed by atoms with Crippen LogP contribution in [0, 0.1) is 0 Å². The van der Waals surface area contributed by atoms with Gasteiger partial charge < -0.3 is 9.47 Å². The van der Waals surface area contributed by atoms with Crippen molar-refractivity contribution >= 4 is 11.9 Å². The third kappa shape index (κ3) is 5.46. The Labute approximate surface area is 205 Å². The highest BCUT2D eigenvalue weighted by atomic mass is 16.5. The molecule has 0 aliphatic carbocycles. The van der Waals surface area contributed by atoms with Gasteiger partial charge in [-0.2, -0.15) is 0 Å².